The van der Waals surface area contributed by atoms with Gasteiger partial charge in [0.15, 0.2) is 6.10 Å². The fourth-order valence-corrected chi connectivity index (χ4v) is 1.31. The Morgan fingerprint density at radius 1 is 1.43 bits per heavy atom. The minimum Gasteiger partial charge on any atom is -0.467 e. The van der Waals surface area contributed by atoms with Crippen LogP contribution in [0, 0.1) is 5.82 Å². The molecule has 14 heavy (non-hydrogen) atoms. The highest BCUT2D eigenvalue weighted by atomic mass is 19.1. The maximum Gasteiger partial charge on any atom is 0.338 e. The van der Waals surface area contributed by atoms with E-state index in [4.69, 9.17) is 4.74 Å². The van der Waals surface area contributed by atoms with Crippen LogP contribution < -0.4 is 0 Å². The van der Waals surface area contributed by atoms with Gasteiger partial charge in [0, 0.05) is 0 Å². The first kappa shape index (κ1) is 9.15. The van der Waals surface area contributed by atoms with Gasteiger partial charge in [-0.3, -0.25) is 0 Å². The van der Waals surface area contributed by atoms with Crippen molar-refractivity contribution in [1.29, 1.82) is 0 Å². The Balaban J connectivity index is 2.06. The second kappa shape index (κ2) is 3.38. The monoisotopic (exact) mass is 196 g/mol. The molecule has 1 fully saturated rings. The van der Waals surface area contributed by atoms with Crippen LogP contribution in [0.15, 0.2) is 24.3 Å². The molecule has 4 heteroatoms. The summed E-state index contributed by atoms with van der Waals surface area (Å²) >= 11 is 0. The van der Waals surface area contributed by atoms with E-state index in [1.807, 2.05) is 0 Å². The highest BCUT2D eigenvalue weighted by Crippen LogP contribution is 2.39. The lowest BCUT2D eigenvalue weighted by Crippen LogP contribution is -2.09. The van der Waals surface area contributed by atoms with Gasteiger partial charge in [0.05, 0.1) is 7.11 Å². The predicted octanol–water partition coefficient (Wildman–Crippen LogP) is 1.44. The molecule has 0 unspecified atom stereocenters. The molecule has 0 N–H and O–H groups in total. The molecular formula is C10H9FO3. The number of benzene rings is 1. The van der Waals surface area contributed by atoms with E-state index in [0.717, 1.165) is 5.56 Å². The fourth-order valence-electron chi connectivity index (χ4n) is 1.31. The van der Waals surface area contributed by atoms with Crippen LogP contribution in [0.1, 0.15) is 11.7 Å². The van der Waals surface area contributed by atoms with Gasteiger partial charge in [-0.1, -0.05) is 12.1 Å². The molecule has 0 amide bonds. The van der Waals surface area contributed by atoms with E-state index in [-0.39, 0.29) is 17.9 Å². The van der Waals surface area contributed by atoms with Crippen molar-refractivity contribution in [3.63, 3.8) is 0 Å². The largest absolute Gasteiger partial charge is 0.467 e. The summed E-state index contributed by atoms with van der Waals surface area (Å²) in [5.74, 6) is -0.691. The Hall–Kier alpha value is -1.42. The second-order valence-electron chi connectivity index (χ2n) is 3.05. The standard InChI is InChI=1S/C10H9FO3/c1-13-10(12)9-8(14-9)6-2-4-7(11)5-3-6/h2-5,8-9H,1H3/t8-,9-/m0/s1. The van der Waals surface area contributed by atoms with E-state index in [0.29, 0.717) is 0 Å². The number of carbonyl (C=O) groups excluding carboxylic acids is 1. The van der Waals surface area contributed by atoms with E-state index in [1.165, 1.54) is 19.2 Å². The molecule has 1 heterocycles. The van der Waals surface area contributed by atoms with Crippen molar-refractivity contribution in [3.05, 3.63) is 35.6 Å². The van der Waals surface area contributed by atoms with Crippen LogP contribution in [0.3, 0.4) is 0 Å². The maximum atomic E-state index is 12.6. The molecule has 0 aliphatic carbocycles. The molecule has 0 spiro atoms. The molecule has 0 bridgehead atoms. The molecule has 1 aliphatic rings. The highest BCUT2D eigenvalue weighted by Gasteiger charge is 2.47. The zero-order valence-electron chi connectivity index (χ0n) is 7.57. The van der Waals surface area contributed by atoms with E-state index in [9.17, 15) is 9.18 Å². The van der Waals surface area contributed by atoms with Gasteiger partial charge in [-0.05, 0) is 17.7 Å². The third-order valence-electron chi connectivity index (χ3n) is 2.12. The van der Waals surface area contributed by atoms with Crippen LogP contribution >= 0.6 is 0 Å². The van der Waals surface area contributed by atoms with Gasteiger partial charge < -0.3 is 9.47 Å². The molecule has 0 saturated carbocycles. The second-order valence-corrected chi connectivity index (χ2v) is 3.05. The van der Waals surface area contributed by atoms with Gasteiger partial charge in [0.25, 0.3) is 0 Å². The average Bonchev–Trinajstić information content (AvgIpc) is 2.98. The summed E-state index contributed by atoms with van der Waals surface area (Å²) < 4.78 is 22.2. The summed E-state index contributed by atoms with van der Waals surface area (Å²) in [4.78, 5) is 11.0. The topological polar surface area (TPSA) is 38.8 Å². The van der Waals surface area contributed by atoms with Crippen LogP contribution in [0.25, 0.3) is 0 Å². The van der Waals surface area contributed by atoms with E-state index >= 15 is 0 Å². The van der Waals surface area contributed by atoms with Crippen molar-refractivity contribution in [2.24, 2.45) is 0 Å². The van der Waals surface area contributed by atoms with Crippen LogP contribution in [0.5, 0.6) is 0 Å². The normalized spacial score (nSPS) is 24.4. The van der Waals surface area contributed by atoms with Crippen molar-refractivity contribution in [1.82, 2.24) is 0 Å². The Bertz CT molecular complexity index is 347. The molecule has 1 aliphatic heterocycles. The number of ether oxygens (including phenoxy) is 2. The number of halogens is 1. The Kier molecular flexibility index (Phi) is 2.21. The van der Waals surface area contributed by atoms with Gasteiger partial charge in [-0.15, -0.1) is 0 Å². The molecular weight excluding hydrogens is 187 g/mol. The number of methoxy groups -OCH3 is 1. The lowest BCUT2D eigenvalue weighted by atomic mass is 10.1. The van der Waals surface area contributed by atoms with Crippen molar-refractivity contribution in [2.45, 2.75) is 12.2 Å². The molecule has 1 aromatic carbocycles. The summed E-state index contributed by atoms with van der Waals surface area (Å²) in [5, 5.41) is 0. The number of carbonyl (C=O) groups is 1. The first-order valence-electron chi connectivity index (χ1n) is 4.21. The van der Waals surface area contributed by atoms with Gasteiger partial charge >= 0.3 is 5.97 Å². The number of esters is 1. The molecule has 2 rings (SSSR count). The summed E-state index contributed by atoms with van der Waals surface area (Å²) in [5.41, 5.74) is 0.793. The van der Waals surface area contributed by atoms with Gasteiger partial charge in [0.1, 0.15) is 11.9 Å². The predicted molar refractivity (Wildman–Crippen MR) is 46.0 cm³/mol. The molecule has 1 saturated heterocycles. The molecule has 2 atom stereocenters. The van der Waals surface area contributed by atoms with Crippen LogP contribution in [-0.2, 0) is 14.3 Å². The maximum absolute atomic E-state index is 12.6. The smallest absolute Gasteiger partial charge is 0.338 e. The van der Waals surface area contributed by atoms with Crippen LogP contribution in [0.4, 0.5) is 4.39 Å². The van der Waals surface area contributed by atoms with Crippen LogP contribution in [0.2, 0.25) is 0 Å². The lowest BCUT2D eigenvalue weighted by Gasteiger charge is -1.95. The SMILES string of the molecule is COC(=O)[C@H]1O[C@H]1c1ccc(F)cc1. The number of hydrogen-bond acceptors (Lipinski definition) is 3. The van der Waals surface area contributed by atoms with E-state index in [2.05, 4.69) is 4.74 Å². The number of epoxide rings is 1. The minimum absolute atomic E-state index is 0.275. The molecule has 0 radical (unpaired) electrons. The fraction of sp³-hybridized carbons (Fsp3) is 0.300. The van der Waals surface area contributed by atoms with E-state index in [1.54, 1.807) is 12.1 Å². The van der Waals surface area contributed by atoms with Crippen LogP contribution in [-0.4, -0.2) is 19.2 Å². The number of rotatable bonds is 2. The van der Waals surface area contributed by atoms with E-state index < -0.39 is 6.10 Å². The Morgan fingerprint density at radius 2 is 2.07 bits per heavy atom. The number of hydrogen-bond donors (Lipinski definition) is 0. The van der Waals surface area contributed by atoms with Crippen molar-refractivity contribution >= 4 is 5.97 Å². The molecule has 1 aromatic rings. The van der Waals surface area contributed by atoms with Gasteiger partial charge in [0.2, 0.25) is 0 Å². The highest BCUT2D eigenvalue weighted by molar-refractivity contribution is 5.78. The van der Waals surface area contributed by atoms with Gasteiger partial charge in [-0.25, -0.2) is 9.18 Å². The minimum atomic E-state index is -0.523. The third-order valence-corrected chi connectivity index (χ3v) is 2.12. The molecule has 74 valence electrons. The lowest BCUT2D eigenvalue weighted by molar-refractivity contribution is -0.142. The Labute approximate surface area is 80.4 Å². The van der Waals surface area contributed by atoms with Crippen molar-refractivity contribution < 1.29 is 18.7 Å². The summed E-state index contributed by atoms with van der Waals surface area (Å²) in [6.07, 6.45) is -0.798. The summed E-state index contributed by atoms with van der Waals surface area (Å²) in [6, 6.07) is 5.88. The third kappa shape index (κ3) is 1.61. The first-order chi connectivity index (χ1) is 6.72. The quantitative estimate of drug-likeness (QED) is 0.530. The summed E-state index contributed by atoms with van der Waals surface area (Å²) in [6.45, 7) is 0. The zero-order chi connectivity index (χ0) is 10.1. The average molecular weight is 196 g/mol. The van der Waals surface area contributed by atoms with Gasteiger partial charge in [-0.2, -0.15) is 0 Å². The first-order valence-corrected chi connectivity index (χ1v) is 4.21. The summed E-state index contributed by atoms with van der Waals surface area (Å²) in [7, 11) is 1.31. The molecule has 0 aromatic heterocycles. The molecule has 3 nitrogen and oxygen atoms in total. The van der Waals surface area contributed by atoms with Crippen molar-refractivity contribution in [2.75, 3.05) is 7.11 Å². The Morgan fingerprint density at radius 3 is 2.64 bits per heavy atom. The van der Waals surface area contributed by atoms with Crippen molar-refractivity contribution in [3.8, 4) is 0 Å². The zero-order valence-corrected chi connectivity index (χ0v) is 7.57.